The number of hydrogen-bond acceptors (Lipinski definition) is 5. The Morgan fingerprint density at radius 2 is 1.81 bits per heavy atom. The van der Waals surface area contributed by atoms with Crippen LogP contribution in [0.25, 0.3) is 0 Å². The van der Waals surface area contributed by atoms with E-state index in [0.717, 1.165) is 43.5 Å². The molecule has 1 saturated heterocycles. The molecule has 0 N–H and O–H groups in total. The maximum absolute atomic E-state index is 5.88. The molecule has 0 bridgehead atoms. The monoisotopic (exact) mass is 357 g/mol. The Bertz CT molecular complexity index is 702. The fourth-order valence-corrected chi connectivity index (χ4v) is 3.09. The molecular weight excluding hydrogens is 330 g/mol. The third kappa shape index (κ3) is 4.90. The molecule has 0 spiro atoms. The maximum Gasteiger partial charge on any atom is 0.161 e. The fraction of sp³-hybridized carbons (Fsp3) is 0.429. The molecule has 2 aromatic carbocycles. The van der Waals surface area contributed by atoms with Crippen molar-refractivity contribution >= 4 is 0 Å². The number of methoxy groups -OCH3 is 2. The van der Waals surface area contributed by atoms with Gasteiger partial charge in [0.2, 0.25) is 0 Å². The van der Waals surface area contributed by atoms with E-state index < -0.39 is 0 Å². The molecule has 0 aliphatic carbocycles. The van der Waals surface area contributed by atoms with E-state index in [9.17, 15) is 0 Å². The van der Waals surface area contributed by atoms with Crippen molar-refractivity contribution in [1.82, 2.24) is 4.90 Å². The smallest absolute Gasteiger partial charge is 0.161 e. The van der Waals surface area contributed by atoms with Gasteiger partial charge in [-0.1, -0.05) is 23.8 Å². The molecule has 1 fully saturated rings. The number of rotatable bonds is 7. The van der Waals surface area contributed by atoms with Crippen molar-refractivity contribution in [2.45, 2.75) is 19.6 Å². The molecule has 26 heavy (non-hydrogen) atoms. The van der Waals surface area contributed by atoms with Crippen molar-refractivity contribution in [3.63, 3.8) is 0 Å². The molecule has 1 aliphatic rings. The number of benzene rings is 2. The molecule has 3 rings (SSSR count). The van der Waals surface area contributed by atoms with Crippen LogP contribution in [0.4, 0.5) is 0 Å². The number of morpholine rings is 1. The zero-order valence-electron chi connectivity index (χ0n) is 15.7. The molecule has 0 amide bonds. The van der Waals surface area contributed by atoms with Gasteiger partial charge in [-0.2, -0.15) is 0 Å². The molecule has 2 aromatic rings. The van der Waals surface area contributed by atoms with Gasteiger partial charge >= 0.3 is 0 Å². The van der Waals surface area contributed by atoms with Crippen LogP contribution in [0.3, 0.4) is 0 Å². The highest BCUT2D eigenvalue weighted by molar-refractivity contribution is 5.42. The lowest BCUT2D eigenvalue weighted by Gasteiger charge is -2.32. The molecule has 0 saturated carbocycles. The minimum absolute atomic E-state index is 0.0743. The van der Waals surface area contributed by atoms with Crippen LogP contribution in [0.1, 0.15) is 11.1 Å². The Labute approximate surface area is 155 Å². The zero-order chi connectivity index (χ0) is 18.4. The first kappa shape index (κ1) is 18.5. The van der Waals surface area contributed by atoms with E-state index in [-0.39, 0.29) is 6.10 Å². The number of nitrogens with zero attached hydrogens (tertiary/aromatic N) is 1. The molecule has 5 nitrogen and oxygen atoms in total. The highest BCUT2D eigenvalue weighted by atomic mass is 16.5. The van der Waals surface area contributed by atoms with Crippen molar-refractivity contribution in [3.05, 3.63) is 53.6 Å². The molecule has 1 aliphatic heterocycles. The largest absolute Gasteiger partial charge is 0.493 e. The Kier molecular flexibility index (Phi) is 6.36. The maximum atomic E-state index is 5.88. The van der Waals surface area contributed by atoms with E-state index in [4.69, 9.17) is 18.9 Å². The Balaban J connectivity index is 1.54. The molecule has 0 aromatic heterocycles. The first-order valence-electron chi connectivity index (χ1n) is 8.92. The molecule has 0 radical (unpaired) electrons. The van der Waals surface area contributed by atoms with Crippen LogP contribution >= 0.6 is 0 Å². The third-order valence-electron chi connectivity index (χ3n) is 4.53. The minimum Gasteiger partial charge on any atom is -0.493 e. The number of ether oxygens (including phenoxy) is 4. The highest BCUT2D eigenvalue weighted by Gasteiger charge is 2.21. The van der Waals surface area contributed by atoms with Gasteiger partial charge in [0.15, 0.2) is 11.5 Å². The lowest BCUT2D eigenvalue weighted by atomic mass is 10.1. The van der Waals surface area contributed by atoms with Crippen LogP contribution in [-0.4, -0.2) is 51.5 Å². The second-order valence-electron chi connectivity index (χ2n) is 6.54. The Hall–Kier alpha value is -2.24. The van der Waals surface area contributed by atoms with Gasteiger partial charge < -0.3 is 18.9 Å². The second-order valence-corrected chi connectivity index (χ2v) is 6.54. The molecule has 1 atom stereocenters. The fourth-order valence-electron chi connectivity index (χ4n) is 3.09. The van der Waals surface area contributed by atoms with E-state index in [1.807, 2.05) is 24.3 Å². The van der Waals surface area contributed by atoms with E-state index in [1.165, 1.54) is 11.1 Å². The summed E-state index contributed by atoms with van der Waals surface area (Å²) in [6.45, 7) is 5.96. The minimum atomic E-state index is 0.0743. The lowest BCUT2D eigenvalue weighted by molar-refractivity contribution is -0.0504. The number of hydrogen-bond donors (Lipinski definition) is 0. The Morgan fingerprint density at radius 1 is 1.04 bits per heavy atom. The zero-order valence-corrected chi connectivity index (χ0v) is 15.7. The third-order valence-corrected chi connectivity index (χ3v) is 4.53. The SMILES string of the molecule is COc1ccc(CN2CCOC(COc3ccc(C)cc3)C2)cc1OC. The summed E-state index contributed by atoms with van der Waals surface area (Å²) >= 11 is 0. The molecule has 5 heteroatoms. The van der Waals surface area contributed by atoms with Crippen molar-refractivity contribution in [1.29, 1.82) is 0 Å². The van der Waals surface area contributed by atoms with Crippen molar-refractivity contribution < 1.29 is 18.9 Å². The average Bonchev–Trinajstić information content (AvgIpc) is 2.68. The van der Waals surface area contributed by atoms with Gasteiger partial charge in [-0.25, -0.2) is 0 Å². The second kappa shape index (κ2) is 8.92. The van der Waals surface area contributed by atoms with E-state index in [2.05, 4.69) is 30.0 Å². The van der Waals surface area contributed by atoms with Gasteiger partial charge in [0.05, 0.1) is 20.8 Å². The molecule has 140 valence electrons. The first-order valence-corrected chi connectivity index (χ1v) is 8.92. The van der Waals surface area contributed by atoms with Gasteiger partial charge in [0, 0.05) is 19.6 Å². The van der Waals surface area contributed by atoms with Gasteiger partial charge in [-0.3, -0.25) is 4.90 Å². The highest BCUT2D eigenvalue weighted by Crippen LogP contribution is 2.28. The van der Waals surface area contributed by atoms with Gasteiger partial charge in [-0.05, 0) is 36.8 Å². The van der Waals surface area contributed by atoms with Crippen molar-refractivity contribution in [2.24, 2.45) is 0 Å². The average molecular weight is 357 g/mol. The van der Waals surface area contributed by atoms with Gasteiger partial charge in [-0.15, -0.1) is 0 Å². The summed E-state index contributed by atoms with van der Waals surface area (Å²) in [4.78, 5) is 2.38. The molecule has 1 unspecified atom stereocenters. The van der Waals surface area contributed by atoms with Crippen LogP contribution in [-0.2, 0) is 11.3 Å². The van der Waals surface area contributed by atoms with E-state index >= 15 is 0 Å². The summed E-state index contributed by atoms with van der Waals surface area (Å²) in [6.07, 6.45) is 0.0743. The van der Waals surface area contributed by atoms with Crippen LogP contribution in [0.15, 0.2) is 42.5 Å². The standard InChI is InChI=1S/C21H27NO4/c1-16-4-7-18(8-5-16)26-15-19-14-22(10-11-25-19)13-17-6-9-20(23-2)21(12-17)24-3/h4-9,12,19H,10-11,13-15H2,1-3H3. The van der Waals surface area contributed by atoms with Crippen LogP contribution in [0, 0.1) is 6.92 Å². The summed E-state index contributed by atoms with van der Waals surface area (Å²) in [6, 6.07) is 14.2. The van der Waals surface area contributed by atoms with Gasteiger partial charge in [0.1, 0.15) is 18.5 Å². The van der Waals surface area contributed by atoms with Crippen LogP contribution < -0.4 is 14.2 Å². The van der Waals surface area contributed by atoms with Gasteiger partial charge in [0.25, 0.3) is 0 Å². The first-order chi connectivity index (χ1) is 12.7. The quantitative estimate of drug-likeness (QED) is 0.760. The van der Waals surface area contributed by atoms with Crippen molar-refractivity contribution in [3.8, 4) is 17.2 Å². The molecular formula is C21H27NO4. The van der Waals surface area contributed by atoms with Crippen LogP contribution in [0.5, 0.6) is 17.2 Å². The normalized spacial score (nSPS) is 17.7. The number of aryl methyl sites for hydroxylation is 1. The summed E-state index contributed by atoms with van der Waals surface area (Å²) in [7, 11) is 3.31. The topological polar surface area (TPSA) is 40.2 Å². The van der Waals surface area contributed by atoms with E-state index in [1.54, 1.807) is 14.2 Å². The predicted molar refractivity (Wildman–Crippen MR) is 101 cm³/mol. The summed E-state index contributed by atoms with van der Waals surface area (Å²) < 4.78 is 22.4. The van der Waals surface area contributed by atoms with Crippen molar-refractivity contribution in [2.75, 3.05) is 40.5 Å². The molecule has 1 heterocycles. The van der Waals surface area contributed by atoms with Crippen LogP contribution in [0.2, 0.25) is 0 Å². The summed E-state index contributed by atoms with van der Waals surface area (Å²) in [5.74, 6) is 2.40. The predicted octanol–water partition coefficient (Wildman–Crippen LogP) is 3.29. The summed E-state index contributed by atoms with van der Waals surface area (Å²) in [5, 5.41) is 0. The summed E-state index contributed by atoms with van der Waals surface area (Å²) in [5.41, 5.74) is 2.43. The Morgan fingerprint density at radius 3 is 2.54 bits per heavy atom. The van der Waals surface area contributed by atoms with E-state index in [0.29, 0.717) is 6.61 Å². The lowest BCUT2D eigenvalue weighted by Crippen LogP contribution is -2.44.